The molecule has 0 aliphatic heterocycles. The van der Waals surface area contributed by atoms with Crippen molar-refractivity contribution in [3.8, 4) is 22.6 Å². The van der Waals surface area contributed by atoms with Crippen LogP contribution >= 0.6 is 23.0 Å². The van der Waals surface area contributed by atoms with Gasteiger partial charge in [-0.1, -0.05) is 13.8 Å². The Labute approximate surface area is 211 Å². The van der Waals surface area contributed by atoms with Gasteiger partial charge in [-0.3, -0.25) is 9.67 Å². The Balaban J connectivity index is 1.92. The van der Waals surface area contributed by atoms with Gasteiger partial charge < -0.3 is 17.7 Å². The Morgan fingerprint density at radius 2 is 2.00 bits per heavy atom. The third kappa shape index (κ3) is 5.22. The lowest BCUT2D eigenvalue weighted by Crippen LogP contribution is -2.31. The van der Waals surface area contributed by atoms with Gasteiger partial charge in [-0.25, -0.2) is 9.38 Å². The van der Waals surface area contributed by atoms with Crippen molar-refractivity contribution in [3.05, 3.63) is 60.2 Å². The summed E-state index contributed by atoms with van der Waals surface area (Å²) in [5, 5.41) is 7.70. The third-order valence-corrected chi connectivity index (χ3v) is 5.80. The molecule has 0 spiro atoms. The average molecular weight is 576 g/mol. The molecular weight excluding hydrogens is 550 g/mol. The summed E-state index contributed by atoms with van der Waals surface area (Å²) in [4.78, 5) is 9.32. The van der Waals surface area contributed by atoms with E-state index in [1.165, 1.54) is 13.2 Å². The van der Waals surface area contributed by atoms with E-state index in [1.807, 2.05) is 36.1 Å². The van der Waals surface area contributed by atoms with Crippen LogP contribution in [0.2, 0.25) is 0 Å². The van der Waals surface area contributed by atoms with E-state index in [2.05, 4.69) is 40.3 Å². The van der Waals surface area contributed by atoms with Crippen molar-refractivity contribution in [2.45, 2.75) is 26.4 Å². The molecule has 3 heterocycles. The van der Waals surface area contributed by atoms with E-state index >= 15 is 4.39 Å². The lowest BCUT2D eigenvalue weighted by molar-refractivity contribution is 0.411. The Bertz CT molecular complexity index is 1380. The van der Waals surface area contributed by atoms with Gasteiger partial charge in [-0.15, -0.1) is 0 Å². The summed E-state index contributed by atoms with van der Waals surface area (Å²) < 4.78 is 29.3. The zero-order chi connectivity index (χ0) is 24.2. The molecule has 0 aliphatic carbocycles. The lowest BCUT2D eigenvalue weighted by Gasteiger charge is -2.15. The maximum Gasteiger partial charge on any atom is 0.192 e. The minimum Gasteiger partial charge on any atom is -0.497 e. The first-order valence-electron chi connectivity index (χ1n) is 10.8. The highest BCUT2D eigenvalue weighted by Crippen LogP contribution is 2.33. The normalized spacial score (nSPS) is 12.0. The van der Waals surface area contributed by atoms with Crippen LogP contribution in [-0.4, -0.2) is 39.0 Å². The summed E-state index contributed by atoms with van der Waals surface area (Å²) in [6, 6.07) is 9.18. The van der Waals surface area contributed by atoms with Crippen LogP contribution in [0.4, 0.5) is 10.1 Å². The summed E-state index contributed by atoms with van der Waals surface area (Å²) in [7, 11) is 3.40. The molecule has 10 heteroatoms. The Morgan fingerprint density at radius 1 is 1.18 bits per heavy atom. The number of aryl methyl sites for hydroxylation is 1. The van der Waals surface area contributed by atoms with Gasteiger partial charge in [0, 0.05) is 61.8 Å². The number of benzene rings is 1. The minimum atomic E-state index is -0.551. The number of fused-ring (bicyclic) bond motifs is 1. The van der Waals surface area contributed by atoms with Gasteiger partial charge in [-0.05, 0) is 18.2 Å². The maximum absolute atomic E-state index is 15.0. The van der Waals surface area contributed by atoms with E-state index in [0.29, 0.717) is 30.4 Å². The fraction of sp³-hybridized carbons (Fsp3) is 0.292. The first-order valence-corrected chi connectivity index (χ1v) is 11.7. The second kappa shape index (κ2) is 10.5. The van der Waals surface area contributed by atoms with Crippen LogP contribution in [0.1, 0.15) is 13.8 Å². The van der Waals surface area contributed by atoms with Crippen molar-refractivity contribution in [2.24, 2.45) is 12.0 Å². The molecule has 0 unspecified atom stereocenters. The molecule has 0 aliphatic rings. The highest BCUT2D eigenvalue weighted by molar-refractivity contribution is 14.1. The van der Waals surface area contributed by atoms with E-state index in [1.54, 1.807) is 40.0 Å². The van der Waals surface area contributed by atoms with Crippen LogP contribution in [0.15, 0.2) is 53.9 Å². The average Bonchev–Trinajstić information content (AvgIpc) is 3.27. The van der Waals surface area contributed by atoms with Crippen molar-refractivity contribution in [1.82, 2.24) is 24.6 Å². The molecule has 0 amide bonds. The topological polar surface area (TPSA) is 78.5 Å². The third-order valence-electron chi connectivity index (χ3n) is 5.33. The molecule has 0 fully saturated rings. The zero-order valence-electron chi connectivity index (χ0n) is 19.4. The fourth-order valence-electron chi connectivity index (χ4n) is 3.64. The molecule has 0 saturated carbocycles. The molecule has 4 aromatic rings. The van der Waals surface area contributed by atoms with Crippen LogP contribution < -0.4 is 18.6 Å². The molecule has 3 aromatic heterocycles. The van der Waals surface area contributed by atoms with E-state index < -0.39 is 5.82 Å². The smallest absolute Gasteiger partial charge is 0.192 e. The van der Waals surface area contributed by atoms with E-state index in [0.717, 1.165) is 22.2 Å². The summed E-state index contributed by atoms with van der Waals surface area (Å²) in [6.07, 6.45) is 5.58. The van der Waals surface area contributed by atoms with E-state index in [9.17, 15) is 0 Å². The number of methoxy groups -OCH3 is 1. The summed E-state index contributed by atoms with van der Waals surface area (Å²) in [6.45, 7) is 5.52. The van der Waals surface area contributed by atoms with Crippen LogP contribution in [0.5, 0.6) is 11.5 Å². The van der Waals surface area contributed by atoms with E-state index in [-0.39, 0.29) is 11.4 Å². The molecule has 1 aromatic carbocycles. The number of hydrogen-bond donors (Lipinski definition) is 1. The van der Waals surface area contributed by atoms with Crippen molar-refractivity contribution in [1.29, 1.82) is 0 Å². The summed E-state index contributed by atoms with van der Waals surface area (Å²) >= 11 is 1.65. The quantitative estimate of drug-likeness (QED) is 0.312. The second-order valence-corrected chi connectivity index (χ2v) is 8.57. The summed E-state index contributed by atoms with van der Waals surface area (Å²) in [5.41, 5.74) is 4.34. The molecule has 0 saturated heterocycles. The number of nitrogens with zero attached hydrogens (tertiary/aromatic N) is 5. The molecule has 8 nitrogen and oxygen atoms in total. The van der Waals surface area contributed by atoms with Gasteiger partial charge >= 0.3 is 0 Å². The number of nitrogens with one attached hydrogen (secondary N) is 1. The second-order valence-electron chi connectivity index (χ2n) is 8.13. The van der Waals surface area contributed by atoms with Crippen molar-refractivity contribution < 1.29 is 12.2 Å². The first-order chi connectivity index (χ1) is 16.4. The van der Waals surface area contributed by atoms with Crippen molar-refractivity contribution in [2.75, 3.05) is 13.7 Å². The number of halogens is 2. The first kappa shape index (κ1) is 24.1. The Kier molecular flexibility index (Phi) is 7.47. The molecule has 0 bridgehead atoms. The maximum atomic E-state index is 15.0. The monoisotopic (exact) mass is 576 g/mol. The van der Waals surface area contributed by atoms with Gasteiger partial charge in [0.1, 0.15) is 16.9 Å². The molecule has 4 rings (SSSR count). The van der Waals surface area contributed by atoms with Gasteiger partial charge in [0.05, 0.1) is 24.3 Å². The Morgan fingerprint density at radius 3 is 2.68 bits per heavy atom. The van der Waals surface area contributed by atoms with Crippen molar-refractivity contribution in [3.63, 3.8) is 0 Å². The molecule has 178 valence electrons. The molecule has 0 atom stereocenters. The molecule has 0 radical (unpaired) electrons. The predicted molar refractivity (Wildman–Crippen MR) is 138 cm³/mol. The zero-order valence-corrected chi connectivity index (χ0v) is 21.6. The highest BCUT2D eigenvalue weighted by atomic mass is 127. The molecule has 34 heavy (non-hydrogen) atoms. The lowest BCUT2D eigenvalue weighted by atomic mass is 10.1. The number of aromatic nitrogens is 4. The van der Waals surface area contributed by atoms with E-state index in [4.69, 9.17) is 7.80 Å². The van der Waals surface area contributed by atoms with Crippen LogP contribution in [-0.2, 0) is 13.6 Å². The standard InChI is InChI=1S/C24H26FIN6O2/c1-15(2)27-7-8-32-21-9-16(17-13-29-31(3)14-17)12-28-19(21)5-6-23(32)30-20-10-18(33-4)11-22(34-26)24(20)25/h5-6,9-15,27H,7-8H2,1-4H3/b30-23+. The largest absolute Gasteiger partial charge is 0.497 e. The van der Waals surface area contributed by atoms with Gasteiger partial charge in [-0.2, -0.15) is 5.10 Å². The molecular formula is C24H26FIN6O2. The van der Waals surface area contributed by atoms with Gasteiger partial charge in [0.15, 0.2) is 34.6 Å². The number of pyridine rings is 2. The van der Waals surface area contributed by atoms with Crippen LogP contribution in [0, 0.1) is 5.82 Å². The number of rotatable bonds is 8. The fourth-order valence-corrected chi connectivity index (χ4v) is 3.96. The van der Waals surface area contributed by atoms with Crippen LogP contribution in [0.3, 0.4) is 0 Å². The van der Waals surface area contributed by atoms with Crippen LogP contribution in [0.25, 0.3) is 22.2 Å². The SMILES string of the molecule is COc1cc(/N=c2\ccc3ncc(-c4cnn(C)c4)cc3n2CCNC(C)C)c(F)c(OI)c1. The number of hydrogen-bond acceptors (Lipinski definition) is 6. The van der Waals surface area contributed by atoms with Crippen molar-refractivity contribution >= 4 is 39.7 Å². The molecule has 1 N–H and O–H groups in total. The Hall–Kier alpha value is -2.99. The number of ether oxygens (including phenoxy) is 1. The predicted octanol–water partition coefficient (Wildman–Crippen LogP) is 4.54. The highest BCUT2D eigenvalue weighted by Gasteiger charge is 2.13. The van der Waals surface area contributed by atoms with Gasteiger partial charge in [0.2, 0.25) is 0 Å². The minimum absolute atomic E-state index is 0.0630. The van der Waals surface area contributed by atoms with Gasteiger partial charge in [0.25, 0.3) is 0 Å². The summed E-state index contributed by atoms with van der Waals surface area (Å²) in [5.74, 6) is -0.0291.